The normalized spacial score (nSPS) is 29.0. The van der Waals surface area contributed by atoms with E-state index in [1.807, 2.05) is 24.3 Å². The van der Waals surface area contributed by atoms with Crippen LogP contribution in [0.15, 0.2) is 24.3 Å². The molecule has 1 saturated carbocycles. The van der Waals surface area contributed by atoms with Crippen molar-refractivity contribution in [1.29, 1.82) is 0 Å². The van der Waals surface area contributed by atoms with Crippen LogP contribution in [0.4, 0.5) is 16.2 Å². The van der Waals surface area contributed by atoms with Gasteiger partial charge in [0.05, 0.1) is 19.3 Å². The molecule has 3 fully saturated rings. The standard InChI is InChI=1S/C18H23N3O4/c22-17(12-4-5-16-15(10-12)19-6-8-24-16)20-13-2-1-3-14(11-13)21-7-9-25-18(21)23/h1-3,11-12,15-16,19H,4-10H2,(H,20,22)/t12-,15+,16+/m0/s1. The zero-order chi connectivity index (χ0) is 17.2. The van der Waals surface area contributed by atoms with Gasteiger partial charge in [0.1, 0.15) is 6.61 Å². The lowest BCUT2D eigenvalue weighted by molar-refractivity contribution is -0.123. The van der Waals surface area contributed by atoms with Crippen molar-refractivity contribution in [2.45, 2.75) is 31.4 Å². The van der Waals surface area contributed by atoms with E-state index in [9.17, 15) is 9.59 Å². The van der Waals surface area contributed by atoms with Crippen LogP contribution in [0.1, 0.15) is 19.3 Å². The molecule has 0 aromatic heterocycles. The molecule has 1 aliphatic carbocycles. The molecule has 2 saturated heterocycles. The number of nitrogens with one attached hydrogen (secondary N) is 2. The van der Waals surface area contributed by atoms with E-state index in [0.29, 0.717) is 18.8 Å². The Bertz CT molecular complexity index is 665. The zero-order valence-electron chi connectivity index (χ0n) is 14.1. The van der Waals surface area contributed by atoms with Crippen molar-refractivity contribution in [2.75, 3.05) is 36.5 Å². The van der Waals surface area contributed by atoms with Gasteiger partial charge < -0.3 is 20.1 Å². The first-order valence-electron chi connectivity index (χ1n) is 8.91. The average molecular weight is 345 g/mol. The molecular weight excluding hydrogens is 322 g/mol. The Morgan fingerprint density at radius 2 is 2.20 bits per heavy atom. The second kappa shape index (κ2) is 7.01. The van der Waals surface area contributed by atoms with Gasteiger partial charge >= 0.3 is 6.09 Å². The van der Waals surface area contributed by atoms with Gasteiger partial charge in [0.25, 0.3) is 0 Å². The molecule has 4 rings (SSSR count). The van der Waals surface area contributed by atoms with E-state index in [0.717, 1.165) is 38.1 Å². The van der Waals surface area contributed by atoms with Crippen LogP contribution in [-0.2, 0) is 14.3 Å². The van der Waals surface area contributed by atoms with Crippen molar-refractivity contribution in [1.82, 2.24) is 5.32 Å². The van der Waals surface area contributed by atoms with Crippen molar-refractivity contribution in [2.24, 2.45) is 5.92 Å². The second-order valence-corrected chi connectivity index (χ2v) is 6.79. The van der Waals surface area contributed by atoms with Gasteiger partial charge in [-0.1, -0.05) is 6.07 Å². The minimum absolute atomic E-state index is 0.0177. The number of morpholine rings is 1. The lowest BCUT2D eigenvalue weighted by atomic mass is 9.82. The number of carbonyl (C=O) groups excluding carboxylic acids is 2. The monoisotopic (exact) mass is 345 g/mol. The topological polar surface area (TPSA) is 79.9 Å². The maximum Gasteiger partial charge on any atom is 0.414 e. The first-order valence-corrected chi connectivity index (χ1v) is 8.91. The number of benzene rings is 1. The van der Waals surface area contributed by atoms with Crippen molar-refractivity contribution in [3.05, 3.63) is 24.3 Å². The van der Waals surface area contributed by atoms with E-state index >= 15 is 0 Å². The van der Waals surface area contributed by atoms with Crippen molar-refractivity contribution < 1.29 is 19.1 Å². The smallest absolute Gasteiger partial charge is 0.414 e. The number of anilines is 2. The number of cyclic esters (lactones) is 1. The van der Waals surface area contributed by atoms with Gasteiger partial charge in [0.15, 0.2) is 0 Å². The molecule has 0 spiro atoms. The van der Waals surface area contributed by atoms with Gasteiger partial charge in [-0.2, -0.15) is 0 Å². The number of hydrogen-bond donors (Lipinski definition) is 2. The number of nitrogens with zero attached hydrogens (tertiary/aromatic N) is 1. The zero-order valence-corrected chi connectivity index (χ0v) is 14.1. The minimum atomic E-state index is -0.342. The molecule has 0 radical (unpaired) electrons. The number of amides is 2. The summed E-state index contributed by atoms with van der Waals surface area (Å²) in [5, 5.41) is 6.46. The first kappa shape index (κ1) is 16.4. The summed E-state index contributed by atoms with van der Waals surface area (Å²) >= 11 is 0. The Balaban J connectivity index is 1.40. The summed E-state index contributed by atoms with van der Waals surface area (Å²) in [6, 6.07) is 7.61. The van der Waals surface area contributed by atoms with E-state index in [-0.39, 0.29) is 30.1 Å². The third-order valence-electron chi connectivity index (χ3n) is 5.18. The predicted octanol–water partition coefficient (Wildman–Crippen LogP) is 1.74. The highest BCUT2D eigenvalue weighted by Gasteiger charge is 2.36. The highest BCUT2D eigenvalue weighted by atomic mass is 16.6. The second-order valence-electron chi connectivity index (χ2n) is 6.79. The Morgan fingerprint density at radius 1 is 1.28 bits per heavy atom. The van der Waals surface area contributed by atoms with Crippen molar-refractivity contribution in [3.63, 3.8) is 0 Å². The van der Waals surface area contributed by atoms with Gasteiger partial charge in [0.2, 0.25) is 5.91 Å². The Hall–Kier alpha value is -2.12. The SMILES string of the molecule is O=C(Nc1cccc(N2CCOC2=O)c1)[C@H]1CC[C@H]2OCCN[C@@H]2C1. The Labute approximate surface area is 146 Å². The lowest BCUT2D eigenvalue weighted by Crippen LogP contribution is -2.52. The lowest BCUT2D eigenvalue weighted by Gasteiger charge is -2.39. The molecule has 1 aromatic rings. The molecule has 0 bridgehead atoms. The number of carbonyl (C=O) groups is 2. The first-order chi connectivity index (χ1) is 12.2. The minimum Gasteiger partial charge on any atom is -0.447 e. The molecular formula is C18H23N3O4. The summed E-state index contributed by atoms with van der Waals surface area (Å²) in [5.74, 6) is 0.0165. The summed E-state index contributed by atoms with van der Waals surface area (Å²) in [5.41, 5.74) is 1.45. The average Bonchev–Trinajstić information content (AvgIpc) is 3.07. The number of fused-ring (bicyclic) bond motifs is 1. The molecule has 2 aliphatic heterocycles. The molecule has 134 valence electrons. The van der Waals surface area contributed by atoms with Gasteiger partial charge in [0, 0.05) is 29.9 Å². The Kier molecular flexibility index (Phi) is 4.59. The van der Waals surface area contributed by atoms with E-state index < -0.39 is 0 Å². The number of rotatable bonds is 3. The predicted molar refractivity (Wildman–Crippen MR) is 92.6 cm³/mol. The quantitative estimate of drug-likeness (QED) is 0.872. The van der Waals surface area contributed by atoms with Crippen LogP contribution in [0.25, 0.3) is 0 Å². The van der Waals surface area contributed by atoms with Crippen LogP contribution in [0.5, 0.6) is 0 Å². The van der Waals surface area contributed by atoms with Crippen LogP contribution >= 0.6 is 0 Å². The van der Waals surface area contributed by atoms with E-state index in [1.54, 1.807) is 4.90 Å². The molecule has 0 unspecified atom stereocenters. The summed E-state index contributed by atoms with van der Waals surface area (Å²) in [4.78, 5) is 25.9. The van der Waals surface area contributed by atoms with Crippen LogP contribution < -0.4 is 15.5 Å². The molecule has 7 heteroatoms. The molecule has 1 aromatic carbocycles. The van der Waals surface area contributed by atoms with Gasteiger partial charge in [-0.05, 0) is 37.5 Å². The van der Waals surface area contributed by atoms with Gasteiger partial charge in [-0.15, -0.1) is 0 Å². The largest absolute Gasteiger partial charge is 0.447 e. The molecule has 25 heavy (non-hydrogen) atoms. The highest BCUT2D eigenvalue weighted by Crippen LogP contribution is 2.30. The van der Waals surface area contributed by atoms with Crippen LogP contribution in [0.3, 0.4) is 0 Å². The molecule has 2 heterocycles. The fourth-order valence-electron chi connectivity index (χ4n) is 3.87. The van der Waals surface area contributed by atoms with Crippen LogP contribution in [0, 0.1) is 5.92 Å². The van der Waals surface area contributed by atoms with Crippen molar-refractivity contribution >= 4 is 23.4 Å². The van der Waals surface area contributed by atoms with E-state index in [2.05, 4.69) is 10.6 Å². The van der Waals surface area contributed by atoms with Crippen LogP contribution in [0.2, 0.25) is 0 Å². The third-order valence-corrected chi connectivity index (χ3v) is 5.18. The molecule has 2 N–H and O–H groups in total. The maximum absolute atomic E-state index is 12.7. The summed E-state index contributed by atoms with van der Waals surface area (Å²) < 4.78 is 10.7. The number of hydrogen-bond acceptors (Lipinski definition) is 5. The van der Waals surface area contributed by atoms with Crippen LogP contribution in [-0.4, -0.2) is 50.4 Å². The summed E-state index contributed by atoms with van der Waals surface area (Å²) in [6.07, 6.45) is 2.45. The molecule has 3 aliphatic rings. The number of ether oxygens (including phenoxy) is 2. The Morgan fingerprint density at radius 3 is 3.04 bits per heavy atom. The molecule has 3 atom stereocenters. The van der Waals surface area contributed by atoms with Gasteiger partial charge in [-0.25, -0.2) is 4.79 Å². The van der Waals surface area contributed by atoms with E-state index in [1.165, 1.54) is 0 Å². The van der Waals surface area contributed by atoms with Crippen molar-refractivity contribution in [3.8, 4) is 0 Å². The fourth-order valence-corrected chi connectivity index (χ4v) is 3.87. The van der Waals surface area contributed by atoms with E-state index in [4.69, 9.17) is 9.47 Å². The van der Waals surface area contributed by atoms with Gasteiger partial charge in [-0.3, -0.25) is 9.69 Å². The maximum atomic E-state index is 12.7. The summed E-state index contributed by atoms with van der Waals surface area (Å²) in [7, 11) is 0. The highest BCUT2D eigenvalue weighted by molar-refractivity contribution is 5.94. The molecule has 2 amide bonds. The summed E-state index contributed by atoms with van der Waals surface area (Å²) in [6.45, 7) is 2.54. The fraction of sp³-hybridized carbons (Fsp3) is 0.556. The third kappa shape index (κ3) is 3.48. The molecule has 7 nitrogen and oxygen atoms in total.